The average Bonchev–Trinajstić information content (AvgIpc) is 3.62. The fraction of sp³-hybridized carbons (Fsp3) is 0.286. The molecule has 0 aliphatic carbocycles. The second kappa shape index (κ2) is 11.7. The lowest BCUT2D eigenvalue weighted by Crippen LogP contribution is -2.22. The first-order valence-corrected chi connectivity index (χ1v) is 12.5. The normalized spacial score (nSPS) is 14.6. The number of likely N-dealkylation sites (tertiary alicyclic amines) is 1. The summed E-state index contributed by atoms with van der Waals surface area (Å²) < 4.78 is 7.27. The first kappa shape index (κ1) is 24.5. The third kappa shape index (κ3) is 5.95. The van der Waals surface area contributed by atoms with Crippen molar-refractivity contribution in [1.29, 1.82) is 0 Å². The molecular formula is C28H32N8O. The number of fused-ring (bicyclic) bond motifs is 1. The number of allylic oxidation sites excluding steroid dienone is 1. The number of nitrogens with one attached hydrogen (secondary N) is 1. The van der Waals surface area contributed by atoms with Crippen LogP contribution >= 0.6 is 0 Å². The number of methoxy groups -OCH3 is 1. The number of rotatable bonds is 10. The molecule has 9 nitrogen and oxygen atoms in total. The smallest absolute Gasteiger partial charge is 0.140 e. The maximum absolute atomic E-state index is 5.88. The molecule has 9 heteroatoms. The van der Waals surface area contributed by atoms with Crippen molar-refractivity contribution in [3.8, 4) is 17.1 Å². The van der Waals surface area contributed by atoms with E-state index in [0.717, 1.165) is 58.4 Å². The Morgan fingerprint density at radius 3 is 2.73 bits per heavy atom. The van der Waals surface area contributed by atoms with Crippen LogP contribution in [0, 0.1) is 0 Å². The number of ether oxygens (including phenoxy) is 1. The van der Waals surface area contributed by atoms with Crippen LogP contribution in [0.15, 0.2) is 72.4 Å². The lowest BCUT2D eigenvalue weighted by molar-refractivity contribution is 0.349. The van der Waals surface area contributed by atoms with E-state index in [-0.39, 0.29) is 0 Å². The third-order valence-electron chi connectivity index (χ3n) is 6.56. The SMILES string of the molecule is COc1ccn2c(-c3cc(NCc4ccc(C(C=NCCN5CCCC5)=CN)cc4)ncn3)cnc2c1. The summed E-state index contributed by atoms with van der Waals surface area (Å²) in [5, 5.41) is 3.39. The number of pyridine rings is 1. The van der Waals surface area contributed by atoms with E-state index in [0.29, 0.717) is 6.54 Å². The highest BCUT2D eigenvalue weighted by Gasteiger charge is 2.11. The first-order chi connectivity index (χ1) is 18.2. The summed E-state index contributed by atoms with van der Waals surface area (Å²) in [7, 11) is 1.64. The number of aliphatic imine (C=N–C) groups is 1. The highest BCUT2D eigenvalue weighted by molar-refractivity contribution is 6.09. The molecule has 37 heavy (non-hydrogen) atoms. The highest BCUT2D eigenvalue weighted by Crippen LogP contribution is 2.23. The number of nitrogens with zero attached hydrogens (tertiary/aromatic N) is 6. The van der Waals surface area contributed by atoms with Gasteiger partial charge in [0.2, 0.25) is 0 Å². The Kier molecular flexibility index (Phi) is 7.71. The molecule has 1 aromatic carbocycles. The maximum atomic E-state index is 5.88. The Bertz CT molecular complexity index is 1390. The van der Waals surface area contributed by atoms with Gasteiger partial charge in [-0.1, -0.05) is 24.3 Å². The lowest BCUT2D eigenvalue weighted by Gasteiger charge is -2.12. The van der Waals surface area contributed by atoms with Crippen LogP contribution in [0.1, 0.15) is 24.0 Å². The van der Waals surface area contributed by atoms with Crippen molar-refractivity contribution >= 4 is 23.3 Å². The standard InChI is InChI=1S/C28H32N8O/c1-37-24-8-12-36-26(19-32-28(36)14-24)25-15-27(34-20-33-25)31-17-21-4-6-22(7-5-21)23(16-29)18-30-9-13-35-10-2-3-11-35/h4-8,12,14-16,18-20H,2-3,9-11,13,17,29H2,1H3,(H,31,33,34). The molecule has 0 amide bonds. The molecule has 0 saturated carbocycles. The van der Waals surface area contributed by atoms with Gasteiger partial charge in [0.1, 0.15) is 23.5 Å². The van der Waals surface area contributed by atoms with Gasteiger partial charge in [0.25, 0.3) is 0 Å². The summed E-state index contributed by atoms with van der Waals surface area (Å²) in [5.74, 6) is 1.50. The van der Waals surface area contributed by atoms with E-state index in [1.165, 1.54) is 25.9 Å². The van der Waals surface area contributed by atoms with E-state index in [1.807, 2.05) is 35.0 Å². The van der Waals surface area contributed by atoms with Crippen molar-refractivity contribution in [3.05, 3.63) is 78.5 Å². The topological polar surface area (TPSA) is 106 Å². The monoisotopic (exact) mass is 496 g/mol. The van der Waals surface area contributed by atoms with Crippen LogP contribution in [0.4, 0.5) is 5.82 Å². The molecule has 1 fully saturated rings. The van der Waals surface area contributed by atoms with Crippen molar-refractivity contribution in [1.82, 2.24) is 24.3 Å². The molecular weight excluding hydrogens is 464 g/mol. The predicted molar refractivity (Wildman–Crippen MR) is 148 cm³/mol. The number of hydrogen-bond donors (Lipinski definition) is 2. The Morgan fingerprint density at radius 1 is 1.11 bits per heavy atom. The molecule has 1 aliphatic rings. The molecule has 1 aliphatic heterocycles. The van der Waals surface area contributed by atoms with Gasteiger partial charge in [-0.2, -0.15) is 0 Å². The summed E-state index contributed by atoms with van der Waals surface area (Å²) in [6.45, 7) is 4.82. The molecule has 0 unspecified atom stereocenters. The Labute approximate surface area is 216 Å². The van der Waals surface area contributed by atoms with Gasteiger partial charge in [-0.15, -0.1) is 0 Å². The van der Waals surface area contributed by atoms with E-state index < -0.39 is 0 Å². The molecule has 5 rings (SSSR count). The van der Waals surface area contributed by atoms with Gasteiger partial charge in [0.05, 0.1) is 31.2 Å². The molecule has 0 bridgehead atoms. The molecule has 0 atom stereocenters. The average molecular weight is 497 g/mol. The number of benzene rings is 1. The maximum Gasteiger partial charge on any atom is 0.140 e. The van der Waals surface area contributed by atoms with Gasteiger partial charge in [-0.25, -0.2) is 15.0 Å². The summed E-state index contributed by atoms with van der Waals surface area (Å²) in [5.41, 5.74) is 11.5. The minimum absolute atomic E-state index is 0.632. The Hall–Kier alpha value is -4.24. The quantitative estimate of drug-likeness (QED) is 0.321. The summed E-state index contributed by atoms with van der Waals surface area (Å²) >= 11 is 0. The minimum Gasteiger partial charge on any atom is -0.497 e. The van der Waals surface area contributed by atoms with Gasteiger partial charge in [-0.05, 0) is 43.1 Å². The van der Waals surface area contributed by atoms with E-state index in [9.17, 15) is 0 Å². The van der Waals surface area contributed by atoms with Crippen LogP contribution in [0.5, 0.6) is 5.75 Å². The Morgan fingerprint density at radius 2 is 1.95 bits per heavy atom. The number of aromatic nitrogens is 4. The van der Waals surface area contributed by atoms with Crippen LogP contribution < -0.4 is 15.8 Å². The molecule has 4 heterocycles. The number of nitrogens with two attached hydrogens (primary N) is 1. The van der Waals surface area contributed by atoms with E-state index in [2.05, 4.69) is 54.4 Å². The summed E-state index contributed by atoms with van der Waals surface area (Å²) in [4.78, 5) is 20.3. The fourth-order valence-corrected chi connectivity index (χ4v) is 4.46. The molecule has 1 saturated heterocycles. The fourth-order valence-electron chi connectivity index (χ4n) is 4.46. The lowest BCUT2D eigenvalue weighted by atomic mass is 10.1. The van der Waals surface area contributed by atoms with Crippen LogP contribution in [0.2, 0.25) is 0 Å². The zero-order chi connectivity index (χ0) is 25.5. The molecule has 0 radical (unpaired) electrons. The van der Waals surface area contributed by atoms with E-state index in [4.69, 9.17) is 10.5 Å². The molecule has 4 aromatic rings. The van der Waals surface area contributed by atoms with Crippen molar-refractivity contribution in [3.63, 3.8) is 0 Å². The van der Waals surface area contributed by atoms with Crippen molar-refractivity contribution in [2.24, 2.45) is 10.7 Å². The van der Waals surface area contributed by atoms with Crippen molar-refractivity contribution in [2.45, 2.75) is 19.4 Å². The molecule has 3 aromatic heterocycles. The van der Waals surface area contributed by atoms with Crippen molar-refractivity contribution in [2.75, 3.05) is 38.6 Å². The zero-order valence-electron chi connectivity index (χ0n) is 21.0. The van der Waals surface area contributed by atoms with Crippen LogP contribution in [-0.2, 0) is 6.54 Å². The summed E-state index contributed by atoms with van der Waals surface area (Å²) in [6.07, 6.45) is 11.4. The number of imidazole rings is 1. The van der Waals surface area contributed by atoms with Crippen molar-refractivity contribution < 1.29 is 4.74 Å². The Balaban J connectivity index is 1.19. The molecule has 190 valence electrons. The highest BCUT2D eigenvalue weighted by atomic mass is 16.5. The van der Waals surface area contributed by atoms with Gasteiger partial charge in [0.15, 0.2) is 0 Å². The summed E-state index contributed by atoms with van der Waals surface area (Å²) in [6, 6.07) is 14.0. The van der Waals surface area contributed by atoms with Crippen LogP contribution in [0.25, 0.3) is 22.6 Å². The van der Waals surface area contributed by atoms with Gasteiger partial charge >= 0.3 is 0 Å². The van der Waals surface area contributed by atoms with Gasteiger partial charge in [-0.3, -0.25) is 9.39 Å². The van der Waals surface area contributed by atoms with Crippen LogP contribution in [0.3, 0.4) is 0 Å². The van der Waals surface area contributed by atoms with Gasteiger partial charge in [0, 0.05) is 49.4 Å². The third-order valence-corrected chi connectivity index (χ3v) is 6.56. The zero-order valence-corrected chi connectivity index (χ0v) is 21.0. The van der Waals surface area contributed by atoms with E-state index >= 15 is 0 Å². The predicted octanol–water partition coefficient (Wildman–Crippen LogP) is 3.88. The second-order valence-electron chi connectivity index (χ2n) is 8.98. The molecule has 3 N–H and O–H groups in total. The number of hydrogen-bond acceptors (Lipinski definition) is 8. The second-order valence-corrected chi connectivity index (χ2v) is 8.98. The molecule has 0 spiro atoms. The first-order valence-electron chi connectivity index (χ1n) is 12.5. The van der Waals surface area contributed by atoms with Gasteiger partial charge < -0.3 is 20.7 Å². The van der Waals surface area contributed by atoms with Crippen LogP contribution in [-0.4, -0.2) is 63.8 Å². The largest absolute Gasteiger partial charge is 0.497 e. The minimum atomic E-state index is 0.632. The number of anilines is 1. The van der Waals surface area contributed by atoms with E-state index in [1.54, 1.807) is 25.8 Å².